The summed E-state index contributed by atoms with van der Waals surface area (Å²) < 4.78 is 0. The molecule has 0 saturated carbocycles. The van der Waals surface area contributed by atoms with E-state index in [0.717, 1.165) is 0 Å². The third-order valence-corrected chi connectivity index (χ3v) is 8.49. The zero-order chi connectivity index (χ0) is 26.0. The highest BCUT2D eigenvalue weighted by atomic mass is 14.2. The second-order valence-electron chi connectivity index (χ2n) is 10.8. The van der Waals surface area contributed by atoms with E-state index in [0.29, 0.717) is 0 Å². The van der Waals surface area contributed by atoms with E-state index in [1.807, 2.05) is 0 Å². The summed E-state index contributed by atoms with van der Waals surface area (Å²) in [6, 6.07) is 40.6. The molecule has 0 N–H and O–H groups in total. The molecule has 0 aliphatic rings. The Morgan fingerprint density at radius 3 is 1.55 bits per heavy atom. The molecule has 0 aliphatic carbocycles. The Hall–Kier alpha value is -4.42. The van der Waals surface area contributed by atoms with Gasteiger partial charge in [0.15, 0.2) is 0 Å². The lowest BCUT2D eigenvalue weighted by Crippen LogP contribution is -1.96. The smallest absolute Gasteiger partial charge is 0.00141 e. The molecule has 0 atom stereocenters. The van der Waals surface area contributed by atoms with Crippen molar-refractivity contribution in [2.45, 2.75) is 27.7 Å². The van der Waals surface area contributed by atoms with Gasteiger partial charge in [-0.3, -0.25) is 0 Å². The van der Waals surface area contributed by atoms with Crippen LogP contribution < -0.4 is 0 Å². The van der Waals surface area contributed by atoms with Gasteiger partial charge in [0.2, 0.25) is 0 Å². The van der Waals surface area contributed by atoms with Crippen LogP contribution in [0.1, 0.15) is 22.3 Å². The normalized spacial score (nSPS) is 11.7. The Kier molecular flexibility index (Phi) is 5.13. The average Bonchev–Trinajstić information content (AvgIpc) is 2.93. The van der Waals surface area contributed by atoms with Crippen LogP contribution in [0.3, 0.4) is 0 Å². The van der Waals surface area contributed by atoms with E-state index in [1.165, 1.54) is 87.6 Å². The summed E-state index contributed by atoms with van der Waals surface area (Å²) in [5.41, 5.74) is 10.6. The number of hydrogen-bond acceptors (Lipinski definition) is 0. The molecule has 0 spiro atoms. The molecule has 7 aromatic rings. The summed E-state index contributed by atoms with van der Waals surface area (Å²) in [4.78, 5) is 0. The lowest BCUT2D eigenvalue weighted by molar-refractivity contribution is 1.36. The van der Waals surface area contributed by atoms with Crippen LogP contribution >= 0.6 is 0 Å². The molecule has 0 nitrogen and oxygen atoms in total. The van der Waals surface area contributed by atoms with Crippen LogP contribution in [-0.2, 0) is 0 Å². The number of hydrogen-bond donors (Lipinski definition) is 0. The summed E-state index contributed by atoms with van der Waals surface area (Å²) in [6.45, 7) is 9.01. The van der Waals surface area contributed by atoms with E-state index < -0.39 is 0 Å². The molecule has 0 heterocycles. The van der Waals surface area contributed by atoms with Gasteiger partial charge in [-0.1, -0.05) is 103 Å². The third-order valence-electron chi connectivity index (χ3n) is 8.49. The van der Waals surface area contributed by atoms with Crippen LogP contribution in [0.25, 0.3) is 65.3 Å². The van der Waals surface area contributed by atoms with E-state index in [9.17, 15) is 0 Å². The highest BCUT2D eigenvalue weighted by Crippen LogP contribution is 2.47. The van der Waals surface area contributed by atoms with Gasteiger partial charge in [0, 0.05) is 0 Å². The largest absolute Gasteiger partial charge is 0.0616 e. The van der Waals surface area contributed by atoms with Crippen LogP contribution in [0.2, 0.25) is 0 Å². The van der Waals surface area contributed by atoms with Crippen molar-refractivity contribution in [3.05, 3.63) is 131 Å². The Bertz CT molecular complexity index is 2050. The van der Waals surface area contributed by atoms with Crippen LogP contribution in [0.15, 0.2) is 109 Å². The van der Waals surface area contributed by atoms with Gasteiger partial charge in [-0.2, -0.15) is 0 Å². The first kappa shape index (κ1) is 22.8. The molecule has 7 aromatic carbocycles. The molecule has 0 heteroatoms. The summed E-state index contributed by atoms with van der Waals surface area (Å²) >= 11 is 0. The molecule has 0 unspecified atom stereocenters. The molecule has 0 radical (unpaired) electrons. The number of fused-ring (bicyclic) bond motifs is 4. The Labute approximate surface area is 224 Å². The minimum Gasteiger partial charge on any atom is -0.0616 e. The quantitative estimate of drug-likeness (QED) is 0.213. The van der Waals surface area contributed by atoms with Crippen LogP contribution in [0, 0.1) is 27.7 Å². The average molecular weight is 487 g/mol. The maximum Gasteiger partial charge on any atom is -0.00141 e. The van der Waals surface area contributed by atoms with Gasteiger partial charge in [0.05, 0.1) is 0 Å². The van der Waals surface area contributed by atoms with Crippen molar-refractivity contribution in [3.63, 3.8) is 0 Å². The standard InChI is InChI=1S/C38H30/c1-23-19-29-22-30-20-25(3)26(4)36(33-17-9-13-27-11-5-7-15-31(27)33)37(30)38(35(29)21-24(23)2)34-18-10-14-28-12-6-8-16-32(28)34/h5-22H,1-4H3. The molecule has 182 valence electrons. The summed E-state index contributed by atoms with van der Waals surface area (Å²) in [5.74, 6) is 0. The maximum absolute atomic E-state index is 2.41. The predicted octanol–water partition coefficient (Wildman–Crippen LogP) is 10.9. The molecular weight excluding hydrogens is 456 g/mol. The molecule has 0 aromatic heterocycles. The molecule has 38 heavy (non-hydrogen) atoms. The van der Waals surface area contributed by atoms with Crippen molar-refractivity contribution in [3.8, 4) is 22.3 Å². The lowest BCUT2D eigenvalue weighted by Gasteiger charge is -2.22. The SMILES string of the molecule is Cc1cc2cc3cc(C)c(C)c(-c4cccc5ccccc45)c3c(-c3cccc4ccccc34)c2cc1C. The van der Waals surface area contributed by atoms with Gasteiger partial charge < -0.3 is 0 Å². The second kappa shape index (κ2) is 8.57. The highest BCUT2D eigenvalue weighted by Gasteiger charge is 2.20. The zero-order valence-corrected chi connectivity index (χ0v) is 22.4. The molecule has 7 rings (SSSR count). The van der Waals surface area contributed by atoms with Gasteiger partial charge in [0.1, 0.15) is 0 Å². The van der Waals surface area contributed by atoms with Gasteiger partial charge in [-0.25, -0.2) is 0 Å². The van der Waals surface area contributed by atoms with Gasteiger partial charge in [-0.15, -0.1) is 0 Å². The first-order chi connectivity index (χ1) is 18.5. The van der Waals surface area contributed by atoms with Crippen LogP contribution in [0.5, 0.6) is 0 Å². The zero-order valence-electron chi connectivity index (χ0n) is 22.4. The summed E-state index contributed by atoms with van der Waals surface area (Å²) in [6.07, 6.45) is 0. The first-order valence-electron chi connectivity index (χ1n) is 13.5. The Morgan fingerprint density at radius 1 is 0.368 bits per heavy atom. The molecular formula is C38H30. The molecule has 0 amide bonds. The van der Waals surface area contributed by atoms with E-state index in [4.69, 9.17) is 0 Å². The van der Waals surface area contributed by atoms with Crippen molar-refractivity contribution in [1.29, 1.82) is 0 Å². The fourth-order valence-electron chi connectivity index (χ4n) is 6.31. The van der Waals surface area contributed by atoms with E-state index in [-0.39, 0.29) is 0 Å². The summed E-state index contributed by atoms with van der Waals surface area (Å²) in [5, 5.41) is 10.4. The molecule has 0 saturated heterocycles. The van der Waals surface area contributed by atoms with Crippen LogP contribution in [0.4, 0.5) is 0 Å². The minimum atomic E-state index is 1.27. The van der Waals surface area contributed by atoms with E-state index in [2.05, 4.69) is 137 Å². The topological polar surface area (TPSA) is 0 Å². The summed E-state index contributed by atoms with van der Waals surface area (Å²) in [7, 11) is 0. The minimum absolute atomic E-state index is 1.27. The second-order valence-corrected chi connectivity index (χ2v) is 10.8. The van der Waals surface area contributed by atoms with Crippen molar-refractivity contribution in [2.75, 3.05) is 0 Å². The van der Waals surface area contributed by atoms with Crippen molar-refractivity contribution < 1.29 is 0 Å². The van der Waals surface area contributed by atoms with E-state index >= 15 is 0 Å². The van der Waals surface area contributed by atoms with Crippen molar-refractivity contribution in [1.82, 2.24) is 0 Å². The van der Waals surface area contributed by atoms with Gasteiger partial charge in [-0.05, 0) is 121 Å². The van der Waals surface area contributed by atoms with Gasteiger partial charge in [0.25, 0.3) is 0 Å². The van der Waals surface area contributed by atoms with Crippen molar-refractivity contribution in [2.24, 2.45) is 0 Å². The first-order valence-corrected chi connectivity index (χ1v) is 13.5. The fourth-order valence-corrected chi connectivity index (χ4v) is 6.31. The number of aryl methyl sites for hydroxylation is 3. The maximum atomic E-state index is 2.41. The van der Waals surface area contributed by atoms with Crippen LogP contribution in [-0.4, -0.2) is 0 Å². The Balaban J connectivity index is 1.77. The number of benzene rings is 7. The molecule has 0 bridgehead atoms. The fraction of sp³-hybridized carbons (Fsp3) is 0.105. The Morgan fingerprint density at radius 2 is 0.895 bits per heavy atom. The molecule has 0 aliphatic heterocycles. The van der Waals surface area contributed by atoms with Crippen molar-refractivity contribution >= 4 is 43.1 Å². The molecule has 0 fully saturated rings. The monoisotopic (exact) mass is 486 g/mol. The van der Waals surface area contributed by atoms with E-state index in [1.54, 1.807) is 0 Å². The van der Waals surface area contributed by atoms with Gasteiger partial charge >= 0.3 is 0 Å². The number of rotatable bonds is 2. The third kappa shape index (κ3) is 3.37. The highest BCUT2D eigenvalue weighted by molar-refractivity contribution is 6.22. The lowest BCUT2D eigenvalue weighted by atomic mass is 9.81. The predicted molar refractivity (Wildman–Crippen MR) is 166 cm³/mol.